The fraction of sp³-hybridized carbons (Fsp3) is 0.238. The molecule has 2 aliphatic carbocycles. The molecular weight excluding hydrogens is 704 g/mol. The van der Waals surface area contributed by atoms with Gasteiger partial charge in [0.15, 0.2) is 11.6 Å². The number of amides is 1. The Bertz CT molecular complexity index is 1880. The van der Waals surface area contributed by atoms with Crippen LogP contribution in [-0.4, -0.2) is 35.2 Å². The summed E-state index contributed by atoms with van der Waals surface area (Å²) in [6.45, 7) is 6.72. The number of carbonyl (C=O) groups excluding carboxylic acids is 3. The second-order valence-corrected chi connectivity index (χ2v) is 13.3. The fourth-order valence-corrected chi connectivity index (χ4v) is 5.12. The molecule has 0 fully saturated rings. The number of nitrogens with one attached hydrogen (secondary N) is 3. The molecular formula is C42H49N4O5PS. The van der Waals surface area contributed by atoms with E-state index >= 15 is 0 Å². The van der Waals surface area contributed by atoms with E-state index < -0.39 is 5.97 Å². The molecule has 0 saturated carbocycles. The largest absolute Gasteiger partial charge is 0.478 e. The van der Waals surface area contributed by atoms with Crippen LogP contribution in [0.2, 0.25) is 0 Å². The molecule has 0 saturated heterocycles. The van der Waals surface area contributed by atoms with Gasteiger partial charge in [0.25, 0.3) is 5.91 Å². The highest BCUT2D eigenvalue weighted by atomic mass is 32.4. The number of allylic oxidation sites excluding steroid dienone is 4. The summed E-state index contributed by atoms with van der Waals surface area (Å²) >= 11 is 4.37. The van der Waals surface area contributed by atoms with E-state index in [0.717, 1.165) is 59.7 Å². The molecule has 0 atom stereocenters. The monoisotopic (exact) mass is 752 g/mol. The normalized spacial score (nSPS) is 13.0. The molecule has 0 aromatic heterocycles. The van der Waals surface area contributed by atoms with Crippen LogP contribution in [-0.2, 0) is 34.5 Å². The zero-order valence-electron chi connectivity index (χ0n) is 29.6. The highest BCUT2D eigenvalue weighted by Gasteiger charge is 2.20. The van der Waals surface area contributed by atoms with Gasteiger partial charge in [-0.15, -0.1) is 0 Å². The van der Waals surface area contributed by atoms with Crippen molar-refractivity contribution in [3.05, 3.63) is 154 Å². The first-order valence-electron chi connectivity index (χ1n) is 16.8. The van der Waals surface area contributed by atoms with Crippen LogP contribution in [0, 0.1) is 0 Å². The van der Waals surface area contributed by atoms with Gasteiger partial charge in [-0.25, -0.2) is 4.79 Å². The van der Waals surface area contributed by atoms with Crippen LogP contribution in [0.4, 0.5) is 11.4 Å². The summed E-state index contributed by atoms with van der Waals surface area (Å²) in [5.74, 6) is -0.663. The first kappa shape index (κ1) is 43.9. The van der Waals surface area contributed by atoms with E-state index in [2.05, 4.69) is 27.8 Å². The Balaban J connectivity index is 0.000000291. The Morgan fingerprint density at radius 2 is 1.08 bits per heavy atom. The minimum absolute atomic E-state index is 0. The van der Waals surface area contributed by atoms with Crippen LogP contribution in [0.1, 0.15) is 78.8 Å². The minimum atomic E-state index is -0.942. The maximum Gasteiger partial charge on any atom is 0.335 e. The highest BCUT2D eigenvalue weighted by Crippen LogP contribution is 2.25. The van der Waals surface area contributed by atoms with Crippen molar-refractivity contribution in [2.75, 3.05) is 17.3 Å². The Hall–Kier alpha value is -5.28. The van der Waals surface area contributed by atoms with Crippen molar-refractivity contribution in [2.24, 2.45) is 5.73 Å². The Morgan fingerprint density at radius 1 is 0.679 bits per heavy atom. The predicted molar refractivity (Wildman–Crippen MR) is 220 cm³/mol. The molecule has 6 N–H and O–H groups in total. The zero-order valence-corrected chi connectivity index (χ0v) is 31.4. The predicted octanol–water partition coefficient (Wildman–Crippen LogP) is 8.90. The number of nitrogens with two attached hydrogens (primary N) is 1. The Kier molecular flexibility index (Phi) is 19.3. The van der Waals surface area contributed by atoms with Crippen molar-refractivity contribution in [3.8, 4) is 0 Å². The third-order valence-electron chi connectivity index (χ3n) is 8.19. The minimum Gasteiger partial charge on any atom is -0.478 e. The van der Waals surface area contributed by atoms with E-state index in [1.807, 2.05) is 93.3 Å². The molecule has 9 nitrogen and oxygen atoms in total. The van der Waals surface area contributed by atoms with Gasteiger partial charge < -0.3 is 26.8 Å². The molecule has 0 heterocycles. The van der Waals surface area contributed by atoms with Gasteiger partial charge in [-0.3, -0.25) is 14.4 Å². The third kappa shape index (κ3) is 14.7. The molecule has 0 bridgehead atoms. The topological polar surface area (TPSA) is 151 Å². The standard InChI is InChI=1S/C20H20N2O2.C13H13NO3.C7H9N.CH3PS.CH4/c1-14-18(11-12-19(14)23)22-17-9-7-16(8-10-17)20(24)21-13-15-5-3-2-4-6-15;1-8-11(6-7-12(8)15)14-10-4-2-9(3-5-10)13(16)17;8-6-7-4-2-1-3-5-7;1-2-3;/h2-10,22H,11-13H2,1H3,(H,21,24);2-5,14H,6-7H2,1H3,(H,16,17);1-5H,6,8H2;1H3;1H4. The number of hydrogen-bond acceptors (Lipinski definition) is 8. The molecule has 4 aromatic carbocycles. The number of benzene rings is 4. The highest BCUT2D eigenvalue weighted by molar-refractivity contribution is 7.96. The lowest BCUT2D eigenvalue weighted by molar-refractivity contribution is -0.115. The molecule has 0 aliphatic heterocycles. The summed E-state index contributed by atoms with van der Waals surface area (Å²) < 4.78 is 0. The maximum absolute atomic E-state index is 12.2. The molecule has 1 amide bonds. The van der Waals surface area contributed by atoms with E-state index in [-0.39, 0.29) is 30.5 Å². The first-order valence-corrected chi connectivity index (χ1v) is 19.1. The van der Waals surface area contributed by atoms with E-state index in [1.165, 1.54) is 17.7 Å². The van der Waals surface area contributed by atoms with Crippen LogP contribution in [0.3, 0.4) is 0 Å². The average molecular weight is 753 g/mol. The van der Waals surface area contributed by atoms with Gasteiger partial charge in [-0.05, 0) is 100 Å². The van der Waals surface area contributed by atoms with Crippen LogP contribution in [0.5, 0.6) is 0 Å². The molecule has 0 radical (unpaired) electrons. The number of hydrogen-bond donors (Lipinski definition) is 5. The van der Waals surface area contributed by atoms with Crippen molar-refractivity contribution in [1.29, 1.82) is 0 Å². The van der Waals surface area contributed by atoms with Crippen molar-refractivity contribution in [3.63, 3.8) is 0 Å². The van der Waals surface area contributed by atoms with Crippen LogP contribution >= 0.6 is 7.36 Å². The average Bonchev–Trinajstić information content (AvgIpc) is 3.66. The summed E-state index contributed by atoms with van der Waals surface area (Å²) in [4.78, 5) is 45.8. The van der Waals surface area contributed by atoms with E-state index in [1.54, 1.807) is 24.3 Å². The second-order valence-electron chi connectivity index (χ2n) is 11.8. The summed E-state index contributed by atoms with van der Waals surface area (Å²) in [5, 5.41) is 18.1. The molecule has 0 spiro atoms. The summed E-state index contributed by atoms with van der Waals surface area (Å²) in [5.41, 5.74) is 13.6. The van der Waals surface area contributed by atoms with Crippen LogP contribution in [0.25, 0.3) is 0 Å². The second kappa shape index (κ2) is 23.3. The summed E-state index contributed by atoms with van der Waals surface area (Å²) in [6.07, 6.45) is 2.62. The van der Waals surface area contributed by atoms with Gasteiger partial charge in [0, 0.05) is 65.4 Å². The number of carbonyl (C=O) groups is 4. The lowest BCUT2D eigenvalue weighted by Crippen LogP contribution is -2.22. The number of carboxylic acids is 1. The molecule has 0 unspecified atom stereocenters. The van der Waals surface area contributed by atoms with Crippen molar-refractivity contribution >= 4 is 54.0 Å². The molecule has 11 heteroatoms. The van der Waals surface area contributed by atoms with E-state index in [4.69, 9.17) is 10.8 Å². The SMILES string of the molecule is C.CC1=C(Nc2ccc(C(=O)NCc3ccccc3)cc2)CCC1=O.CC1=C(Nc2ccc(C(=O)O)cc2)CCC1=O.CP=S.NCc1ccccc1. The third-order valence-corrected chi connectivity index (χ3v) is 8.19. The van der Waals surface area contributed by atoms with Gasteiger partial charge in [-0.1, -0.05) is 79.9 Å². The quantitative estimate of drug-likeness (QED) is 0.106. The van der Waals surface area contributed by atoms with Crippen LogP contribution < -0.4 is 21.7 Å². The van der Waals surface area contributed by atoms with Gasteiger partial charge >= 0.3 is 5.97 Å². The molecule has 4 aromatic rings. The number of anilines is 2. The van der Waals surface area contributed by atoms with Gasteiger partial charge in [0.05, 0.1) is 5.56 Å². The van der Waals surface area contributed by atoms with Gasteiger partial charge in [0.1, 0.15) is 0 Å². The summed E-state index contributed by atoms with van der Waals surface area (Å²) in [6, 6.07) is 33.6. The van der Waals surface area contributed by atoms with Crippen molar-refractivity contribution in [1.82, 2.24) is 5.32 Å². The molecule has 278 valence electrons. The zero-order chi connectivity index (χ0) is 37.9. The molecule has 6 rings (SSSR count). The number of aromatic carboxylic acids is 1. The van der Waals surface area contributed by atoms with Gasteiger partial charge in [0.2, 0.25) is 0 Å². The number of ketones is 2. The first-order chi connectivity index (χ1) is 25.1. The number of carboxylic acid groups (broad SMARTS) is 1. The van der Waals surface area contributed by atoms with Crippen molar-refractivity contribution < 1.29 is 24.3 Å². The number of Topliss-reactive ketones (excluding diaryl/α,β-unsaturated/α-hetero) is 2. The van der Waals surface area contributed by atoms with E-state index in [9.17, 15) is 19.2 Å². The lowest BCUT2D eigenvalue weighted by Gasteiger charge is -2.09. The molecule has 2 aliphatic rings. The Labute approximate surface area is 319 Å². The lowest BCUT2D eigenvalue weighted by atomic mass is 10.1. The van der Waals surface area contributed by atoms with Crippen molar-refractivity contribution in [2.45, 2.75) is 60.0 Å². The Morgan fingerprint density at radius 3 is 1.42 bits per heavy atom. The molecule has 53 heavy (non-hydrogen) atoms. The maximum atomic E-state index is 12.2. The smallest absolute Gasteiger partial charge is 0.335 e. The fourth-order valence-electron chi connectivity index (χ4n) is 5.12. The number of rotatable bonds is 9. The van der Waals surface area contributed by atoms with Gasteiger partial charge in [-0.2, -0.15) is 0 Å². The van der Waals surface area contributed by atoms with Crippen LogP contribution in [0.15, 0.2) is 132 Å². The summed E-state index contributed by atoms with van der Waals surface area (Å²) in [7, 11) is 1.00. The van der Waals surface area contributed by atoms with E-state index in [0.29, 0.717) is 31.5 Å².